The van der Waals surface area contributed by atoms with Crippen molar-refractivity contribution < 1.29 is 5.11 Å². The molecular formula is C8H11N3O. The Morgan fingerprint density at radius 3 is 2.83 bits per heavy atom. The molecule has 0 amide bonds. The molecule has 0 aliphatic heterocycles. The maximum absolute atomic E-state index is 8.48. The average Bonchev–Trinajstić information content (AvgIpc) is 2.09. The summed E-state index contributed by atoms with van der Waals surface area (Å²) in [6, 6.07) is 0. The Kier molecular flexibility index (Phi) is 3.22. The van der Waals surface area contributed by atoms with Crippen molar-refractivity contribution in [2.24, 2.45) is 0 Å². The summed E-state index contributed by atoms with van der Waals surface area (Å²) in [5, 5.41) is 8.48. The molecule has 4 heteroatoms. The van der Waals surface area contributed by atoms with Crippen LogP contribution in [0.1, 0.15) is 12.1 Å². The van der Waals surface area contributed by atoms with Gasteiger partial charge in [-0.25, -0.2) is 4.98 Å². The molecule has 0 saturated carbocycles. The predicted octanol–water partition coefficient (Wildman–Crippen LogP) is 0.454. The number of nitrogen functional groups attached to an aromatic ring is 1. The molecule has 1 heterocycles. The van der Waals surface area contributed by atoms with Crippen molar-refractivity contribution in [2.45, 2.75) is 6.42 Å². The second-order valence-electron chi connectivity index (χ2n) is 2.28. The number of hydrogen-bond donors (Lipinski definition) is 2. The second-order valence-corrected chi connectivity index (χ2v) is 2.28. The Morgan fingerprint density at radius 1 is 1.42 bits per heavy atom. The van der Waals surface area contributed by atoms with Crippen LogP contribution >= 0.6 is 0 Å². The highest BCUT2D eigenvalue weighted by atomic mass is 16.2. The van der Waals surface area contributed by atoms with Crippen LogP contribution in [-0.4, -0.2) is 21.7 Å². The SMILES string of the molecule is Nc1cnc(C=CCCO)cn1. The van der Waals surface area contributed by atoms with E-state index in [-0.39, 0.29) is 6.61 Å². The topological polar surface area (TPSA) is 72.0 Å². The first kappa shape index (κ1) is 8.67. The van der Waals surface area contributed by atoms with E-state index in [0.717, 1.165) is 5.69 Å². The lowest BCUT2D eigenvalue weighted by Gasteiger charge is -1.92. The number of aliphatic hydroxyl groups excluding tert-OH is 1. The first-order valence-electron chi connectivity index (χ1n) is 3.68. The Morgan fingerprint density at radius 2 is 2.25 bits per heavy atom. The van der Waals surface area contributed by atoms with Crippen molar-refractivity contribution in [3.63, 3.8) is 0 Å². The highest BCUT2D eigenvalue weighted by Gasteiger charge is 1.87. The van der Waals surface area contributed by atoms with Crippen LogP contribution in [0.15, 0.2) is 18.5 Å². The number of aliphatic hydroxyl groups is 1. The summed E-state index contributed by atoms with van der Waals surface area (Å²) in [7, 11) is 0. The van der Waals surface area contributed by atoms with Crippen molar-refractivity contribution in [1.29, 1.82) is 0 Å². The Balaban J connectivity index is 2.58. The number of nitrogens with two attached hydrogens (primary N) is 1. The van der Waals surface area contributed by atoms with E-state index in [1.165, 1.54) is 6.20 Å². The van der Waals surface area contributed by atoms with Gasteiger partial charge in [0.2, 0.25) is 0 Å². The van der Waals surface area contributed by atoms with Gasteiger partial charge in [0.25, 0.3) is 0 Å². The Labute approximate surface area is 70.8 Å². The number of hydrogen-bond acceptors (Lipinski definition) is 4. The summed E-state index contributed by atoms with van der Waals surface area (Å²) >= 11 is 0. The van der Waals surface area contributed by atoms with Gasteiger partial charge in [0, 0.05) is 6.61 Å². The average molecular weight is 165 g/mol. The minimum Gasteiger partial charge on any atom is -0.396 e. The molecule has 4 nitrogen and oxygen atoms in total. The lowest BCUT2D eigenvalue weighted by molar-refractivity contribution is 0.303. The highest BCUT2D eigenvalue weighted by molar-refractivity contribution is 5.44. The standard InChI is InChI=1S/C8H11N3O/c9-8-6-10-7(5-11-8)3-1-2-4-12/h1,3,5-6,12H,2,4H2,(H2,9,11). The Hall–Kier alpha value is -1.42. The molecule has 0 spiro atoms. The maximum Gasteiger partial charge on any atom is 0.141 e. The molecule has 0 aliphatic rings. The minimum absolute atomic E-state index is 0.152. The van der Waals surface area contributed by atoms with Crippen LogP contribution in [-0.2, 0) is 0 Å². The second kappa shape index (κ2) is 4.46. The molecule has 0 saturated heterocycles. The van der Waals surface area contributed by atoms with Crippen molar-refractivity contribution in [3.05, 3.63) is 24.2 Å². The van der Waals surface area contributed by atoms with Crippen LogP contribution in [0.25, 0.3) is 6.08 Å². The van der Waals surface area contributed by atoms with E-state index in [2.05, 4.69) is 9.97 Å². The van der Waals surface area contributed by atoms with Crippen LogP contribution in [0.4, 0.5) is 5.82 Å². The molecule has 0 aromatic carbocycles. The summed E-state index contributed by atoms with van der Waals surface area (Å²) in [6.45, 7) is 0.152. The summed E-state index contributed by atoms with van der Waals surface area (Å²) < 4.78 is 0. The third-order valence-corrected chi connectivity index (χ3v) is 1.28. The predicted molar refractivity (Wildman–Crippen MR) is 47.2 cm³/mol. The normalized spacial score (nSPS) is 10.8. The molecule has 0 aliphatic carbocycles. The molecule has 12 heavy (non-hydrogen) atoms. The molecule has 3 N–H and O–H groups in total. The number of nitrogens with zero attached hydrogens (tertiary/aromatic N) is 2. The zero-order valence-electron chi connectivity index (χ0n) is 6.64. The molecular weight excluding hydrogens is 154 g/mol. The van der Waals surface area contributed by atoms with E-state index in [9.17, 15) is 0 Å². The largest absolute Gasteiger partial charge is 0.396 e. The molecule has 1 aromatic rings. The van der Waals surface area contributed by atoms with E-state index < -0.39 is 0 Å². The summed E-state index contributed by atoms with van der Waals surface area (Å²) in [5.74, 6) is 0.411. The summed E-state index contributed by atoms with van der Waals surface area (Å²) in [4.78, 5) is 7.85. The lowest BCUT2D eigenvalue weighted by Crippen LogP contribution is -1.91. The fourth-order valence-electron chi connectivity index (χ4n) is 0.713. The van der Waals surface area contributed by atoms with E-state index in [1.54, 1.807) is 12.3 Å². The van der Waals surface area contributed by atoms with Crippen LogP contribution in [0.2, 0.25) is 0 Å². The number of anilines is 1. The first-order valence-corrected chi connectivity index (χ1v) is 3.68. The third kappa shape index (κ3) is 2.67. The fourth-order valence-corrected chi connectivity index (χ4v) is 0.713. The van der Waals surface area contributed by atoms with Crippen LogP contribution in [0, 0.1) is 0 Å². The smallest absolute Gasteiger partial charge is 0.141 e. The third-order valence-electron chi connectivity index (χ3n) is 1.28. The van der Waals surface area contributed by atoms with Gasteiger partial charge in [-0.3, -0.25) is 4.98 Å². The quantitative estimate of drug-likeness (QED) is 0.682. The van der Waals surface area contributed by atoms with Gasteiger partial charge >= 0.3 is 0 Å². The molecule has 0 radical (unpaired) electrons. The molecule has 0 fully saturated rings. The first-order chi connectivity index (χ1) is 5.83. The van der Waals surface area contributed by atoms with E-state index in [0.29, 0.717) is 12.2 Å². The molecule has 0 bridgehead atoms. The van der Waals surface area contributed by atoms with Gasteiger partial charge in [-0.15, -0.1) is 0 Å². The Bertz CT molecular complexity index is 256. The monoisotopic (exact) mass is 165 g/mol. The van der Waals surface area contributed by atoms with E-state index in [1.807, 2.05) is 6.08 Å². The van der Waals surface area contributed by atoms with Gasteiger partial charge in [0.05, 0.1) is 18.1 Å². The van der Waals surface area contributed by atoms with Gasteiger partial charge in [-0.1, -0.05) is 6.08 Å². The fraction of sp³-hybridized carbons (Fsp3) is 0.250. The van der Waals surface area contributed by atoms with Gasteiger partial charge < -0.3 is 10.8 Å². The van der Waals surface area contributed by atoms with E-state index >= 15 is 0 Å². The van der Waals surface area contributed by atoms with Crippen molar-refractivity contribution in [1.82, 2.24) is 9.97 Å². The van der Waals surface area contributed by atoms with Gasteiger partial charge in [-0.05, 0) is 12.5 Å². The summed E-state index contributed by atoms with van der Waals surface area (Å²) in [6.07, 6.45) is 7.34. The van der Waals surface area contributed by atoms with Crippen LogP contribution < -0.4 is 5.73 Å². The van der Waals surface area contributed by atoms with E-state index in [4.69, 9.17) is 10.8 Å². The molecule has 0 atom stereocenters. The van der Waals surface area contributed by atoms with Crippen molar-refractivity contribution in [3.8, 4) is 0 Å². The maximum atomic E-state index is 8.48. The molecule has 1 aromatic heterocycles. The van der Waals surface area contributed by atoms with Gasteiger partial charge in [0.15, 0.2) is 0 Å². The zero-order chi connectivity index (χ0) is 8.81. The van der Waals surface area contributed by atoms with Gasteiger partial charge in [-0.2, -0.15) is 0 Å². The van der Waals surface area contributed by atoms with Crippen molar-refractivity contribution in [2.75, 3.05) is 12.3 Å². The number of rotatable bonds is 3. The van der Waals surface area contributed by atoms with Crippen LogP contribution in [0.5, 0.6) is 0 Å². The van der Waals surface area contributed by atoms with Crippen LogP contribution in [0.3, 0.4) is 0 Å². The summed E-state index contributed by atoms with van der Waals surface area (Å²) in [5.41, 5.74) is 6.09. The number of aromatic nitrogens is 2. The highest BCUT2D eigenvalue weighted by Crippen LogP contribution is 1.98. The minimum atomic E-state index is 0.152. The molecule has 1 rings (SSSR count). The van der Waals surface area contributed by atoms with Gasteiger partial charge in [0.1, 0.15) is 5.82 Å². The van der Waals surface area contributed by atoms with Crippen molar-refractivity contribution >= 4 is 11.9 Å². The lowest BCUT2D eigenvalue weighted by atomic mass is 10.3. The zero-order valence-corrected chi connectivity index (χ0v) is 6.64. The molecule has 0 unspecified atom stereocenters. The molecule has 64 valence electrons.